The third kappa shape index (κ3) is 5.35. The summed E-state index contributed by atoms with van der Waals surface area (Å²) in [6.07, 6.45) is 1.78. The summed E-state index contributed by atoms with van der Waals surface area (Å²) in [6, 6.07) is 0. The van der Waals surface area contributed by atoms with Gasteiger partial charge in [-0.05, 0) is 13.8 Å². The SMILES string of the molecule is C/C=C(\C)C(=O)NC.CC. The summed E-state index contributed by atoms with van der Waals surface area (Å²) in [5.74, 6) is -0.00694. The van der Waals surface area contributed by atoms with E-state index < -0.39 is 0 Å². The van der Waals surface area contributed by atoms with Crippen molar-refractivity contribution in [2.75, 3.05) is 7.05 Å². The monoisotopic (exact) mass is 143 g/mol. The number of hydrogen-bond acceptors (Lipinski definition) is 1. The van der Waals surface area contributed by atoms with Gasteiger partial charge in [0.25, 0.3) is 0 Å². The van der Waals surface area contributed by atoms with Crippen LogP contribution in [-0.4, -0.2) is 13.0 Å². The molecule has 0 radical (unpaired) electrons. The molecule has 0 saturated heterocycles. The molecule has 60 valence electrons. The van der Waals surface area contributed by atoms with E-state index in [1.54, 1.807) is 20.0 Å². The number of nitrogens with one attached hydrogen (secondary N) is 1. The molecule has 0 aliphatic carbocycles. The number of likely N-dealkylation sites (N-methyl/N-ethyl adjacent to an activating group) is 1. The summed E-state index contributed by atoms with van der Waals surface area (Å²) in [5.41, 5.74) is 0.757. The molecule has 0 unspecified atom stereocenters. The van der Waals surface area contributed by atoms with Crippen LogP contribution in [0.15, 0.2) is 11.6 Å². The third-order valence-electron chi connectivity index (χ3n) is 1.02. The van der Waals surface area contributed by atoms with Gasteiger partial charge < -0.3 is 5.32 Å². The molecule has 0 aromatic rings. The van der Waals surface area contributed by atoms with E-state index in [1.165, 1.54) is 0 Å². The van der Waals surface area contributed by atoms with E-state index in [0.29, 0.717) is 0 Å². The fourth-order valence-electron chi connectivity index (χ4n) is 0.328. The van der Waals surface area contributed by atoms with Crippen LogP contribution in [0.4, 0.5) is 0 Å². The highest BCUT2D eigenvalue weighted by Crippen LogP contribution is 1.88. The first kappa shape index (κ1) is 11.9. The maximum atomic E-state index is 10.6. The van der Waals surface area contributed by atoms with Gasteiger partial charge in [-0.1, -0.05) is 19.9 Å². The third-order valence-corrected chi connectivity index (χ3v) is 1.02. The van der Waals surface area contributed by atoms with Gasteiger partial charge in [0.15, 0.2) is 0 Å². The Morgan fingerprint density at radius 1 is 1.40 bits per heavy atom. The number of rotatable bonds is 1. The van der Waals surface area contributed by atoms with E-state index in [2.05, 4.69) is 5.32 Å². The summed E-state index contributed by atoms with van der Waals surface area (Å²) in [6.45, 7) is 7.61. The standard InChI is InChI=1S/C6H11NO.C2H6/c1-4-5(2)6(8)7-3;1-2/h4H,1-3H3,(H,7,8);1-2H3/b5-4+;. The average molecular weight is 143 g/mol. The van der Waals surface area contributed by atoms with Crippen LogP contribution in [0.2, 0.25) is 0 Å². The molecule has 2 heteroatoms. The van der Waals surface area contributed by atoms with Crippen LogP contribution < -0.4 is 5.32 Å². The van der Waals surface area contributed by atoms with Gasteiger partial charge in [-0.25, -0.2) is 0 Å². The van der Waals surface area contributed by atoms with Crippen molar-refractivity contribution in [3.8, 4) is 0 Å². The Bertz CT molecular complexity index is 116. The second-order valence-electron chi connectivity index (χ2n) is 1.55. The second kappa shape index (κ2) is 8.21. The van der Waals surface area contributed by atoms with Gasteiger partial charge in [-0.2, -0.15) is 0 Å². The van der Waals surface area contributed by atoms with E-state index in [1.807, 2.05) is 20.8 Å². The number of hydrogen-bond donors (Lipinski definition) is 1. The van der Waals surface area contributed by atoms with E-state index in [9.17, 15) is 4.79 Å². The van der Waals surface area contributed by atoms with E-state index >= 15 is 0 Å². The molecule has 0 bridgehead atoms. The lowest BCUT2D eigenvalue weighted by atomic mass is 10.3. The molecule has 0 rings (SSSR count). The predicted molar refractivity (Wildman–Crippen MR) is 44.8 cm³/mol. The first-order chi connectivity index (χ1) is 4.72. The second-order valence-corrected chi connectivity index (χ2v) is 1.55. The van der Waals surface area contributed by atoms with Gasteiger partial charge in [0.2, 0.25) is 5.91 Å². The summed E-state index contributed by atoms with van der Waals surface area (Å²) in [7, 11) is 1.62. The Morgan fingerprint density at radius 2 is 1.80 bits per heavy atom. The van der Waals surface area contributed by atoms with Crippen molar-refractivity contribution >= 4 is 5.91 Å². The Labute approximate surface area is 63.3 Å². The van der Waals surface area contributed by atoms with Crippen LogP contribution in [0.3, 0.4) is 0 Å². The Morgan fingerprint density at radius 3 is 1.90 bits per heavy atom. The molecule has 0 aliphatic rings. The fourth-order valence-corrected chi connectivity index (χ4v) is 0.328. The highest BCUT2D eigenvalue weighted by molar-refractivity contribution is 5.92. The van der Waals surface area contributed by atoms with E-state index in [4.69, 9.17) is 0 Å². The molecule has 0 saturated carbocycles. The van der Waals surface area contributed by atoms with Crippen LogP contribution in [0.25, 0.3) is 0 Å². The molecule has 0 heterocycles. The van der Waals surface area contributed by atoms with Crippen LogP contribution in [0, 0.1) is 0 Å². The lowest BCUT2D eigenvalue weighted by Gasteiger charge is -1.94. The molecule has 0 fully saturated rings. The first-order valence-electron chi connectivity index (χ1n) is 3.57. The smallest absolute Gasteiger partial charge is 0.246 e. The van der Waals surface area contributed by atoms with Crippen molar-refractivity contribution in [3.63, 3.8) is 0 Å². The van der Waals surface area contributed by atoms with Crippen molar-refractivity contribution in [1.29, 1.82) is 0 Å². The van der Waals surface area contributed by atoms with Gasteiger partial charge in [-0.15, -0.1) is 0 Å². The average Bonchev–Trinajstić information content (AvgIpc) is 2.05. The minimum Gasteiger partial charge on any atom is -0.355 e. The van der Waals surface area contributed by atoms with Gasteiger partial charge in [0.1, 0.15) is 0 Å². The van der Waals surface area contributed by atoms with Gasteiger partial charge in [-0.3, -0.25) is 4.79 Å². The zero-order valence-corrected chi connectivity index (χ0v) is 7.49. The first-order valence-corrected chi connectivity index (χ1v) is 3.57. The number of carbonyl (C=O) groups is 1. The largest absolute Gasteiger partial charge is 0.355 e. The number of allylic oxidation sites excluding steroid dienone is 1. The molecule has 0 spiro atoms. The van der Waals surface area contributed by atoms with E-state index in [0.717, 1.165) is 5.57 Å². The zero-order valence-electron chi connectivity index (χ0n) is 7.49. The highest BCUT2D eigenvalue weighted by atomic mass is 16.1. The molecule has 10 heavy (non-hydrogen) atoms. The fraction of sp³-hybridized carbons (Fsp3) is 0.625. The zero-order chi connectivity index (χ0) is 8.57. The van der Waals surface area contributed by atoms with Crippen molar-refractivity contribution in [3.05, 3.63) is 11.6 Å². The van der Waals surface area contributed by atoms with Gasteiger partial charge in [0.05, 0.1) is 0 Å². The van der Waals surface area contributed by atoms with Crippen LogP contribution in [0.1, 0.15) is 27.7 Å². The van der Waals surface area contributed by atoms with Crippen molar-refractivity contribution in [2.24, 2.45) is 0 Å². The summed E-state index contributed by atoms with van der Waals surface area (Å²) < 4.78 is 0. The minimum absolute atomic E-state index is 0.00694. The maximum absolute atomic E-state index is 10.6. The topological polar surface area (TPSA) is 29.1 Å². The van der Waals surface area contributed by atoms with Crippen molar-refractivity contribution < 1.29 is 4.79 Å². The van der Waals surface area contributed by atoms with Gasteiger partial charge >= 0.3 is 0 Å². The van der Waals surface area contributed by atoms with E-state index in [-0.39, 0.29) is 5.91 Å². The molecule has 0 aromatic carbocycles. The Balaban J connectivity index is 0. The molecule has 1 amide bonds. The van der Waals surface area contributed by atoms with Gasteiger partial charge in [0, 0.05) is 12.6 Å². The highest BCUT2D eigenvalue weighted by Gasteiger charge is 1.95. The lowest BCUT2D eigenvalue weighted by Crippen LogP contribution is -2.18. The Hall–Kier alpha value is -0.790. The molecule has 2 nitrogen and oxygen atoms in total. The molecular weight excluding hydrogens is 126 g/mol. The summed E-state index contributed by atoms with van der Waals surface area (Å²) in [4.78, 5) is 10.6. The number of amides is 1. The molecule has 0 aliphatic heterocycles. The quantitative estimate of drug-likeness (QED) is 0.556. The molecular formula is C8H17NO. The summed E-state index contributed by atoms with van der Waals surface area (Å²) in [5, 5.41) is 2.51. The molecule has 0 atom stereocenters. The molecule has 0 aromatic heterocycles. The van der Waals surface area contributed by atoms with Crippen molar-refractivity contribution in [1.82, 2.24) is 5.32 Å². The lowest BCUT2D eigenvalue weighted by molar-refractivity contribution is -0.117. The van der Waals surface area contributed by atoms with Crippen LogP contribution >= 0.6 is 0 Å². The maximum Gasteiger partial charge on any atom is 0.246 e. The summed E-state index contributed by atoms with van der Waals surface area (Å²) >= 11 is 0. The predicted octanol–water partition coefficient (Wildman–Crippen LogP) is 1.72. The van der Waals surface area contributed by atoms with Crippen LogP contribution in [0.5, 0.6) is 0 Å². The van der Waals surface area contributed by atoms with Crippen molar-refractivity contribution in [2.45, 2.75) is 27.7 Å². The van der Waals surface area contributed by atoms with Crippen LogP contribution in [-0.2, 0) is 4.79 Å². The minimum atomic E-state index is -0.00694. The Kier molecular flexibility index (Phi) is 9.80. The number of carbonyl (C=O) groups excluding carboxylic acids is 1. The molecule has 1 N–H and O–H groups in total. The normalized spacial score (nSPS) is 9.50.